The SMILES string of the molecule is Nc1c(N=Nc2ccc3c(O)c(N=Nc4ccc(N=Nc5ccc(S(=O)(=O)O)c6ccc(SOOO)cc56)cc4OCC(=O)O)c(S(=O)(=O)O)cc3c2S(=O)(=O)O)cc(S(=O)(=O)O)c2cc(SOOO)c(N=Nc3ccc(SOOO)cc3[N+](=O)[O-])c(O)c12. The third kappa shape index (κ3) is 15.1. The van der Waals surface area contributed by atoms with Crippen LogP contribution in [0.15, 0.2) is 172 Å². The van der Waals surface area contributed by atoms with Gasteiger partial charge in [0.1, 0.15) is 53.8 Å². The number of carbonyl (C=O) groups is 1. The molecule has 0 unspecified atom stereocenters. The molecule has 0 saturated carbocycles. The Morgan fingerprint density at radius 1 is 0.517 bits per heavy atom. The Kier molecular flexibility index (Phi) is 20.1. The van der Waals surface area contributed by atoms with E-state index in [0.29, 0.717) is 36.2 Å². The lowest BCUT2D eigenvalue weighted by Gasteiger charge is -2.15. The number of benzene rings is 8. The van der Waals surface area contributed by atoms with E-state index in [1.165, 1.54) is 30.3 Å². The van der Waals surface area contributed by atoms with Crippen molar-refractivity contribution in [2.24, 2.45) is 40.9 Å². The van der Waals surface area contributed by atoms with Crippen molar-refractivity contribution in [3.05, 3.63) is 107 Å². The number of carboxylic acid groups (broad SMARTS) is 1. The minimum absolute atomic E-state index is 0.00402. The lowest BCUT2D eigenvalue weighted by Crippen LogP contribution is -2.09. The van der Waals surface area contributed by atoms with E-state index in [1.54, 1.807) is 0 Å². The Morgan fingerprint density at radius 2 is 1.07 bits per heavy atom. The van der Waals surface area contributed by atoms with Gasteiger partial charge in [0.25, 0.3) is 46.2 Å². The third-order valence-corrected chi connectivity index (χ3v) is 16.9. The van der Waals surface area contributed by atoms with Crippen molar-refractivity contribution in [1.29, 1.82) is 0 Å². The fourth-order valence-electron chi connectivity index (χ4n) is 7.91. The van der Waals surface area contributed by atoms with Crippen LogP contribution in [-0.4, -0.2) is 100 Å². The van der Waals surface area contributed by atoms with Crippen LogP contribution in [0.1, 0.15) is 0 Å². The minimum Gasteiger partial charge on any atom is -0.505 e. The molecule has 45 heteroatoms. The monoisotopic (exact) mass is 1370 g/mol. The zero-order valence-electron chi connectivity index (χ0n) is 42.7. The number of nitrogens with zero attached hydrogens (tertiary/aromatic N) is 9. The maximum absolute atomic E-state index is 13.2. The summed E-state index contributed by atoms with van der Waals surface area (Å²) in [5.74, 6) is -4.41. The molecule has 0 aliphatic heterocycles. The number of anilines is 1. The van der Waals surface area contributed by atoms with Crippen LogP contribution >= 0.6 is 36.1 Å². The molecule has 38 nitrogen and oxygen atoms in total. The van der Waals surface area contributed by atoms with Gasteiger partial charge in [0.05, 0.1) is 68.4 Å². The second-order valence-electron chi connectivity index (χ2n) is 16.8. The van der Waals surface area contributed by atoms with E-state index in [1.807, 2.05) is 0 Å². The molecule has 0 heterocycles. The van der Waals surface area contributed by atoms with Gasteiger partial charge in [-0.15, -0.1) is 48.8 Å². The predicted molar refractivity (Wildman–Crippen MR) is 300 cm³/mol. The first kappa shape index (κ1) is 66.3. The van der Waals surface area contributed by atoms with E-state index >= 15 is 0 Å². The van der Waals surface area contributed by atoms with Crippen LogP contribution in [0, 0.1) is 10.1 Å². The molecule has 8 aromatic rings. The summed E-state index contributed by atoms with van der Waals surface area (Å²) < 4.78 is 162. The Morgan fingerprint density at radius 3 is 1.70 bits per heavy atom. The summed E-state index contributed by atoms with van der Waals surface area (Å²) in [6.45, 7) is -1.06. The van der Waals surface area contributed by atoms with Crippen molar-refractivity contribution in [1.82, 2.24) is 0 Å². The summed E-state index contributed by atoms with van der Waals surface area (Å²) >= 11 is 0.862. The first-order valence-electron chi connectivity index (χ1n) is 22.7. The molecule has 0 amide bonds. The molecule has 466 valence electrons. The summed E-state index contributed by atoms with van der Waals surface area (Å²) in [5, 5.41) is 109. The average Bonchev–Trinajstić information content (AvgIpc) is 0.790. The lowest BCUT2D eigenvalue weighted by molar-refractivity contribution is -0.432. The summed E-state index contributed by atoms with van der Waals surface area (Å²) in [5.41, 5.74) is 0.0897. The van der Waals surface area contributed by atoms with Crippen molar-refractivity contribution in [2.45, 2.75) is 34.3 Å². The largest absolute Gasteiger partial charge is 0.505 e. The topological polar surface area (TPSA) is 589 Å². The molecule has 0 atom stereocenters. The van der Waals surface area contributed by atoms with Gasteiger partial charge >= 0.3 is 5.97 Å². The molecular weight excluding hydrogens is 1340 g/mol. The zero-order valence-corrected chi connectivity index (χ0v) is 48.4. The second kappa shape index (κ2) is 27.0. The number of azo groups is 4. The molecule has 8 aromatic carbocycles. The Hall–Kier alpha value is -8.66. The number of ether oxygens (including phenoxy) is 1. The number of nitro groups is 1. The van der Waals surface area contributed by atoms with Gasteiger partial charge in [-0.3, -0.25) is 28.3 Å². The zero-order chi connectivity index (χ0) is 64.9. The summed E-state index contributed by atoms with van der Waals surface area (Å²) in [7, 11) is -21.6. The third-order valence-electron chi connectivity index (χ3n) is 11.5. The lowest BCUT2D eigenvalue weighted by atomic mass is 10.0. The molecule has 0 aliphatic carbocycles. The molecule has 8 rings (SSSR count). The average molecular weight is 1370 g/mol. The van der Waals surface area contributed by atoms with E-state index in [-0.39, 0.29) is 44.0 Å². The fraction of sp³-hybridized carbons (Fsp3) is 0.0227. The molecule has 0 radical (unpaired) electrons. The van der Waals surface area contributed by atoms with Gasteiger partial charge in [-0.25, -0.2) is 20.6 Å². The molecule has 0 aromatic heterocycles. The maximum atomic E-state index is 13.2. The number of carboxylic acids is 1. The van der Waals surface area contributed by atoms with Crippen LogP contribution in [0.3, 0.4) is 0 Å². The van der Waals surface area contributed by atoms with E-state index in [0.717, 1.165) is 54.6 Å². The number of rotatable bonds is 25. The molecule has 0 aliphatic rings. The van der Waals surface area contributed by atoms with Gasteiger partial charge in [0.2, 0.25) is 0 Å². The first-order valence-corrected chi connectivity index (χ1v) is 30.7. The highest BCUT2D eigenvalue weighted by molar-refractivity contribution is 7.95. The number of hydrogen-bond donors (Lipinski definition) is 11. The standard InChI is InChI=1S/C44H30N10O28S7/c45-39-30(16-35(87(67,68)69)25-14-33(85-82-79-63)40(43(58)38(25)39)52-48-27-7-3-20(84-81-78-62)13-31(27)54(59)60)51-50-29-8-5-22-24(44(29)89(73,74)75)15-36(88(70,71)72)41(42(22)57)53-49-28-6-1-18(11-32(28)76-17-37(55)56)46-47-26-9-10-34(86(64,65)66)21-4-2-19(12-23(21)26)83-80-77-61/h1-16,57-58,61-63H,17,45H2,(H,55,56)(H,64,65,66)(H,67,68,69)(H,70,71,72)(H,73,74,75). The number of nitrogens with two attached hydrogens (primary N) is 1. The molecule has 0 saturated heterocycles. The molecule has 12 N–H and O–H groups in total. The van der Waals surface area contributed by atoms with Gasteiger partial charge in [-0.05, 0) is 78.9 Å². The number of fused-ring (bicyclic) bond motifs is 3. The number of aromatic hydroxyl groups is 2. The highest BCUT2D eigenvalue weighted by Crippen LogP contribution is 2.52. The Balaban J connectivity index is 1.22. The van der Waals surface area contributed by atoms with Crippen LogP contribution in [-0.2, 0) is 73.4 Å². The van der Waals surface area contributed by atoms with E-state index in [9.17, 15) is 82.1 Å². The van der Waals surface area contributed by atoms with Crippen molar-refractivity contribution in [3.8, 4) is 17.2 Å². The van der Waals surface area contributed by atoms with Crippen LogP contribution in [0.4, 0.5) is 56.9 Å². The van der Waals surface area contributed by atoms with Crippen LogP contribution in [0.2, 0.25) is 0 Å². The predicted octanol–water partition coefficient (Wildman–Crippen LogP) is 11.4. The van der Waals surface area contributed by atoms with Gasteiger partial charge in [-0.1, -0.05) is 21.2 Å². The normalized spacial score (nSPS) is 12.7. The highest BCUT2D eigenvalue weighted by Gasteiger charge is 2.30. The van der Waals surface area contributed by atoms with Crippen molar-refractivity contribution in [3.63, 3.8) is 0 Å². The summed E-state index contributed by atoms with van der Waals surface area (Å²) in [4.78, 5) is 17.9. The second-order valence-corrected chi connectivity index (χ2v) is 24.6. The summed E-state index contributed by atoms with van der Waals surface area (Å²) in [6.07, 6.45) is 0. The highest BCUT2D eigenvalue weighted by atomic mass is 32.2. The Bertz CT molecular complexity index is 4830. The van der Waals surface area contributed by atoms with Crippen molar-refractivity contribution < 1.29 is 126 Å². The Labute approximate surface area is 506 Å². The van der Waals surface area contributed by atoms with Gasteiger partial charge in [0, 0.05) is 48.9 Å². The van der Waals surface area contributed by atoms with Crippen molar-refractivity contribution in [2.75, 3.05) is 12.3 Å². The van der Waals surface area contributed by atoms with Crippen molar-refractivity contribution >= 4 is 172 Å². The first-order chi connectivity index (χ1) is 41.9. The number of aliphatic carboxylic acids is 1. The fourth-order valence-corrected chi connectivity index (χ4v) is 12.1. The minimum atomic E-state index is -5.69. The number of nitro benzene ring substituents is 1. The number of nitrogen functional groups attached to an aromatic ring is 1. The summed E-state index contributed by atoms with van der Waals surface area (Å²) in [6, 6.07) is 15.8. The molecular formula is C44H30N10O28S7. The molecule has 89 heavy (non-hydrogen) atoms. The maximum Gasteiger partial charge on any atom is 0.341 e. The molecule has 0 bridgehead atoms. The van der Waals surface area contributed by atoms with E-state index in [4.69, 9.17) is 26.2 Å². The van der Waals surface area contributed by atoms with Gasteiger partial charge < -0.3 is 25.8 Å². The van der Waals surface area contributed by atoms with Crippen LogP contribution in [0.5, 0.6) is 17.2 Å². The van der Waals surface area contributed by atoms with Crippen LogP contribution in [0.25, 0.3) is 32.3 Å². The number of phenols is 2. The van der Waals surface area contributed by atoms with E-state index in [2.05, 4.69) is 69.0 Å². The van der Waals surface area contributed by atoms with Crippen LogP contribution < -0.4 is 10.5 Å². The number of hydrogen-bond acceptors (Lipinski definition) is 35. The number of phenolic OH excluding ortho intramolecular Hbond substituents is 2. The van der Waals surface area contributed by atoms with Gasteiger partial charge in [0.15, 0.2) is 23.8 Å². The molecule has 0 spiro atoms. The molecule has 0 fully saturated rings. The quantitative estimate of drug-likeness (QED) is 0.00481. The van der Waals surface area contributed by atoms with E-state index < -0.39 is 167 Å². The van der Waals surface area contributed by atoms with Gasteiger partial charge in [-0.2, -0.15) is 38.8 Å². The smallest absolute Gasteiger partial charge is 0.341 e.